The van der Waals surface area contributed by atoms with E-state index in [1.807, 2.05) is 18.2 Å². The van der Waals surface area contributed by atoms with Crippen LogP contribution in [0.15, 0.2) is 27.5 Å². The first-order chi connectivity index (χ1) is 7.74. The summed E-state index contributed by atoms with van der Waals surface area (Å²) in [5.41, 5.74) is 1.71. The lowest BCUT2D eigenvalue weighted by Crippen LogP contribution is -2.17. The number of ether oxygens (including phenoxy) is 1. The number of H-pyrrole nitrogens is 1. The highest BCUT2D eigenvalue weighted by Gasteiger charge is 2.08. The highest BCUT2D eigenvalue weighted by atomic mass is 79.9. The van der Waals surface area contributed by atoms with E-state index in [0.29, 0.717) is 13.2 Å². The molecule has 0 aliphatic rings. The van der Waals surface area contributed by atoms with Gasteiger partial charge in [-0.25, -0.2) is 4.79 Å². The average molecular weight is 285 g/mol. The SMILES string of the molecule is COCCCn1c(=O)[nH]c2cccc(Br)c21. The van der Waals surface area contributed by atoms with E-state index >= 15 is 0 Å². The van der Waals surface area contributed by atoms with E-state index in [4.69, 9.17) is 4.74 Å². The van der Waals surface area contributed by atoms with Crippen LogP contribution < -0.4 is 5.69 Å². The predicted molar refractivity (Wildman–Crippen MR) is 66.8 cm³/mol. The van der Waals surface area contributed by atoms with E-state index in [-0.39, 0.29) is 5.69 Å². The Morgan fingerprint density at radius 1 is 1.50 bits per heavy atom. The Morgan fingerprint density at radius 3 is 3.06 bits per heavy atom. The first kappa shape index (κ1) is 11.4. The zero-order valence-corrected chi connectivity index (χ0v) is 10.6. The second-order valence-corrected chi connectivity index (χ2v) is 4.42. The van der Waals surface area contributed by atoms with Gasteiger partial charge in [-0.2, -0.15) is 0 Å². The summed E-state index contributed by atoms with van der Waals surface area (Å²) in [4.78, 5) is 14.6. The number of benzene rings is 1. The Morgan fingerprint density at radius 2 is 2.31 bits per heavy atom. The van der Waals surface area contributed by atoms with Crippen LogP contribution in [0.1, 0.15) is 6.42 Å². The number of aryl methyl sites for hydroxylation is 1. The molecule has 0 bridgehead atoms. The number of rotatable bonds is 4. The van der Waals surface area contributed by atoms with Crippen molar-refractivity contribution >= 4 is 27.0 Å². The Bertz CT molecular complexity index is 544. The Hall–Kier alpha value is -1.07. The first-order valence-corrected chi connectivity index (χ1v) is 5.89. The molecule has 0 amide bonds. The molecule has 16 heavy (non-hydrogen) atoms. The van der Waals surface area contributed by atoms with Crippen molar-refractivity contribution in [1.82, 2.24) is 9.55 Å². The summed E-state index contributed by atoms with van der Waals surface area (Å²) in [5, 5.41) is 0. The van der Waals surface area contributed by atoms with Crippen LogP contribution in [0, 0.1) is 0 Å². The number of para-hydroxylation sites is 1. The van der Waals surface area contributed by atoms with Crippen LogP contribution in [-0.2, 0) is 11.3 Å². The fraction of sp³-hybridized carbons (Fsp3) is 0.364. The first-order valence-electron chi connectivity index (χ1n) is 5.10. The summed E-state index contributed by atoms with van der Waals surface area (Å²) in [7, 11) is 1.66. The van der Waals surface area contributed by atoms with Crippen LogP contribution in [0.2, 0.25) is 0 Å². The third-order valence-corrected chi connectivity index (χ3v) is 3.11. The Balaban J connectivity index is 2.43. The molecule has 1 aromatic carbocycles. The molecule has 0 unspecified atom stereocenters. The van der Waals surface area contributed by atoms with Gasteiger partial charge in [0.05, 0.1) is 11.0 Å². The minimum atomic E-state index is -0.0713. The van der Waals surface area contributed by atoms with Crippen LogP contribution in [0.3, 0.4) is 0 Å². The van der Waals surface area contributed by atoms with Gasteiger partial charge in [0.1, 0.15) is 0 Å². The molecule has 1 heterocycles. The molecule has 2 aromatic rings. The van der Waals surface area contributed by atoms with Crippen LogP contribution >= 0.6 is 15.9 Å². The largest absolute Gasteiger partial charge is 0.385 e. The van der Waals surface area contributed by atoms with Gasteiger partial charge in [0.15, 0.2) is 0 Å². The fourth-order valence-corrected chi connectivity index (χ4v) is 2.34. The number of fused-ring (bicyclic) bond motifs is 1. The van der Waals surface area contributed by atoms with Gasteiger partial charge < -0.3 is 9.72 Å². The summed E-state index contributed by atoms with van der Waals surface area (Å²) >= 11 is 3.46. The van der Waals surface area contributed by atoms with Crippen molar-refractivity contribution in [3.8, 4) is 0 Å². The minimum Gasteiger partial charge on any atom is -0.385 e. The maximum absolute atomic E-state index is 11.7. The van der Waals surface area contributed by atoms with Gasteiger partial charge >= 0.3 is 5.69 Å². The van der Waals surface area contributed by atoms with Gasteiger partial charge in [0.25, 0.3) is 0 Å². The summed E-state index contributed by atoms with van der Waals surface area (Å²) in [6.07, 6.45) is 0.824. The molecule has 0 aliphatic heterocycles. The summed E-state index contributed by atoms with van der Waals surface area (Å²) in [5.74, 6) is 0. The van der Waals surface area contributed by atoms with Crippen molar-refractivity contribution in [3.63, 3.8) is 0 Å². The molecule has 1 N–H and O–H groups in total. The maximum atomic E-state index is 11.7. The van der Waals surface area contributed by atoms with Crippen molar-refractivity contribution < 1.29 is 4.74 Å². The molecule has 1 aromatic heterocycles. The van der Waals surface area contributed by atoms with Crippen molar-refractivity contribution in [3.05, 3.63) is 33.2 Å². The number of hydrogen-bond donors (Lipinski definition) is 1. The normalized spacial score (nSPS) is 11.1. The highest BCUT2D eigenvalue weighted by Crippen LogP contribution is 2.21. The number of nitrogens with zero attached hydrogens (tertiary/aromatic N) is 1. The topological polar surface area (TPSA) is 47.0 Å². The second-order valence-electron chi connectivity index (χ2n) is 3.56. The van der Waals surface area contributed by atoms with Crippen LogP contribution in [0.5, 0.6) is 0 Å². The second kappa shape index (κ2) is 4.84. The molecule has 0 saturated carbocycles. The van der Waals surface area contributed by atoms with E-state index in [0.717, 1.165) is 21.9 Å². The molecule has 0 aliphatic carbocycles. The lowest BCUT2D eigenvalue weighted by Gasteiger charge is -2.03. The minimum absolute atomic E-state index is 0.0713. The van der Waals surface area contributed by atoms with Crippen molar-refractivity contribution in [1.29, 1.82) is 0 Å². The molecule has 4 nitrogen and oxygen atoms in total. The lowest BCUT2D eigenvalue weighted by atomic mass is 10.3. The van der Waals surface area contributed by atoms with Gasteiger partial charge in [0, 0.05) is 24.7 Å². The molecule has 0 atom stereocenters. The molecule has 0 spiro atoms. The quantitative estimate of drug-likeness (QED) is 0.875. The number of imidazole rings is 1. The molecule has 0 fully saturated rings. The molecular weight excluding hydrogens is 272 g/mol. The van der Waals surface area contributed by atoms with Crippen molar-refractivity contribution in [2.75, 3.05) is 13.7 Å². The van der Waals surface area contributed by atoms with E-state index in [2.05, 4.69) is 20.9 Å². The van der Waals surface area contributed by atoms with Crippen molar-refractivity contribution in [2.45, 2.75) is 13.0 Å². The number of halogens is 1. The predicted octanol–water partition coefficient (Wildman–Crippen LogP) is 2.13. The number of hydrogen-bond acceptors (Lipinski definition) is 2. The van der Waals surface area contributed by atoms with E-state index in [1.54, 1.807) is 11.7 Å². The van der Waals surface area contributed by atoms with Crippen LogP contribution in [-0.4, -0.2) is 23.3 Å². The summed E-state index contributed by atoms with van der Waals surface area (Å²) in [6, 6.07) is 5.73. The van der Waals surface area contributed by atoms with E-state index < -0.39 is 0 Å². The molecule has 86 valence electrons. The van der Waals surface area contributed by atoms with E-state index in [1.165, 1.54) is 0 Å². The number of methoxy groups -OCH3 is 1. The Kier molecular flexibility index (Phi) is 3.46. The maximum Gasteiger partial charge on any atom is 0.326 e. The summed E-state index contributed by atoms with van der Waals surface area (Å²) < 4.78 is 7.65. The molecule has 5 heteroatoms. The molecular formula is C11H13BrN2O2. The fourth-order valence-electron chi connectivity index (χ4n) is 1.76. The van der Waals surface area contributed by atoms with Crippen molar-refractivity contribution in [2.24, 2.45) is 0 Å². The third-order valence-electron chi connectivity index (χ3n) is 2.47. The van der Waals surface area contributed by atoms with Gasteiger partial charge in [-0.05, 0) is 34.5 Å². The summed E-state index contributed by atoms with van der Waals surface area (Å²) in [6.45, 7) is 1.32. The van der Waals surface area contributed by atoms with Crippen LogP contribution in [0.25, 0.3) is 11.0 Å². The number of nitrogens with one attached hydrogen (secondary N) is 1. The van der Waals surface area contributed by atoms with E-state index in [9.17, 15) is 4.79 Å². The molecule has 2 rings (SSSR count). The van der Waals surface area contributed by atoms with Crippen LogP contribution in [0.4, 0.5) is 0 Å². The lowest BCUT2D eigenvalue weighted by molar-refractivity contribution is 0.190. The third kappa shape index (κ3) is 2.05. The molecule has 0 saturated heterocycles. The monoisotopic (exact) mass is 284 g/mol. The highest BCUT2D eigenvalue weighted by molar-refractivity contribution is 9.10. The number of aromatic amines is 1. The number of aromatic nitrogens is 2. The zero-order valence-electron chi connectivity index (χ0n) is 9.00. The molecule has 0 radical (unpaired) electrons. The average Bonchev–Trinajstić information content (AvgIpc) is 2.57. The van der Waals surface area contributed by atoms with Gasteiger partial charge in [-0.3, -0.25) is 4.57 Å². The Labute approximate surface area is 101 Å². The van der Waals surface area contributed by atoms with Gasteiger partial charge in [-0.15, -0.1) is 0 Å². The van der Waals surface area contributed by atoms with Gasteiger partial charge in [0.2, 0.25) is 0 Å². The standard InChI is InChI=1S/C11H13BrN2O2/c1-16-7-3-6-14-10-8(12)4-2-5-9(10)13-11(14)15/h2,4-5H,3,6-7H2,1H3,(H,13,15). The van der Waals surface area contributed by atoms with Gasteiger partial charge in [-0.1, -0.05) is 6.07 Å². The smallest absolute Gasteiger partial charge is 0.326 e. The zero-order chi connectivity index (χ0) is 11.5.